The summed E-state index contributed by atoms with van der Waals surface area (Å²) in [5, 5.41) is 17.3. The summed E-state index contributed by atoms with van der Waals surface area (Å²) in [7, 11) is 1.97. The van der Waals surface area contributed by atoms with Crippen molar-refractivity contribution < 1.29 is 5.11 Å². The van der Waals surface area contributed by atoms with Gasteiger partial charge in [0.1, 0.15) is 0 Å². The maximum Gasteiger partial charge on any atom is 0.0739 e. The Labute approximate surface area is 111 Å². The number of aryl methyl sites for hydroxylation is 2. The summed E-state index contributed by atoms with van der Waals surface area (Å²) in [6, 6.07) is 0. The first-order chi connectivity index (χ1) is 8.08. The molecule has 2 N–H and O–H groups in total. The van der Waals surface area contributed by atoms with Crippen molar-refractivity contribution in [3.63, 3.8) is 0 Å². The minimum Gasteiger partial charge on any atom is -0.393 e. The lowest BCUT2D eigenvalue weighted by molar-refractivity contribution is 0.177. The highest BCUT2D eigenvalue weighted by Crippen LogP contribution is 2.25. The molecule has 1 aromatic heterocycles. The number of hydrogen-bond donors (Lipinski definition) is 2. The second-order valence-electron chi connectivity index (χ2n) is 4.93. The lowest BCUT2D eigenvalue weighted by Crippen LogP contribution is -2.22. The van der Waals surface area contributed by atoms with Gasteiger partial charge in [0.15, 0.2) is 0 Å². The number of halogens is 1. The Balaban J connectivity index is 1.82. The fraction of sp³-hybridized carbons (Fsp3) is 0.750. The van der Waals surface area contributed by atoms with Gasteiger partial charge in [0, 0.05) is 13.6 Å². The number of aliphatic hydroxyl groups excluding tert-OH is 1. The van der Waals surface area contributed by atoms with Crippen LogP contribution in [0.15, 0.2) is 4.47 Å². The fourth-order valence-corrected chi connectivity index (χ4v) is 2.98. The van der Waals surface area contributed by atoms with Gasteiger partial charge in [-0.3, -0.25) is 4.68 Å². The molecule has 0 aromatic carbocycles. The van der Waals surface area contributed by atoms with Crippen LogP contribution in [0, 0.1) is 12.8 Å². The largest absolute Gasteiger partial charge is 0.393 e. The van der Waals surface area contributed by atoms with Gasteiger partial charge in [-0.1, -0.05) is 0 Å². The predicted molar refractivity (Wildman–Crippen MR) is 70.7 cm³/mol. The molecule has 0 bridgehead atoms. The zero-order valence-corrected chi connectivity index (χ0v) is 12.0. The molecule has 17 heavy (non-hydrogen) atoms. The minimum atomic E-state index is -0.0764. The Hall–Kier alpha value is -0.390. The van der Waals surface area contributed by atoms with Gasteiger partial charge in [-0.15, -0.1) is 0 Å². The van der Waals surface area contributed by atoms with Crippen molar-refractivity contribution in [3.8, 4) is 0 Å². The second-order valence-corrected chi connectivity index (χ2v) is 5.73. The van der Waals surface area contributed by atoms with Crippen molar-refractivity contribution in [1.82, 2.24) is 15.1 Å². The molecule has 4 nitrogen and oxygen atoms in total. The van der Waals surface area contributed by atoms with E-state index in [1.54, 1.807) is 0 Å². The summed E-state index contributed by atoms with van der Waals surface area (Å²) >= 11 is 3.56. The maximum atomic E-state index is 9.46. The standard InChI is InChI=1S/C12H20BrN3O/c1-8-12(13)11(16(2)15-8)7-14-6-9-3-4-10(17)5-9/h9-10,14,17H,3-7H2,1-2H3. The van der Waals surface area contributed by atoms with E-state index in [9.17, 15) is 5.11 Å². The first-order valence-corrected chi connectivity index (χ1v) is 6.94. The van der Waals surface area contributed by atoms with E-state index in [2.05, 4.69) is 26.3 Å². The molecule has 2 atom stereocenters. The van der Waals surface area contributed by atoms with Gasteiger partial charge >= 0.3 is 0 Å². The van der Waals surface area contributed by atoms with Gasteiger partial charge in [-0.2, -0.15) is 5.10 Å². The highest BCUT2D eigenvalue weighted by atomic mass is 79.9. The highest BCUT2D eigenvalue weighted by molar-refractivity contribution is 9.10. The molecular formula is C12H20BrN3O. The number of rotatable bonds is 4. The summed E-state index contributed by atoms with van der Waals surface area (Å²) in [4.78, 5) is 0. The van der Waals surface area contributed by atoms with Crippen LogP contribution in [-0.4, -0.2) is 27.5 Å². The summed E-state index contributed by atoms with van der Waals surface area (Å²) < 4.78 is 3.01. The summed E-state index contributed by atoms with van der Waals surface area (Å²) in [6.07, 6.45) is 2.96. The van der Waals surface area contributed by atoms with Gasteiger partial charge in [0.2, 0.25) is 0 Å². The minimum absolute atomic E-state index is 0.0764. The molecule has 0 saturated heterocycles. The number of aromatic nitrogens is 2. The van der Waals surface area contributed by atoms with Crippen LogP contribution in [0.25, 0.3) is 0 Å². The van der Waals surface area contributed by atoms with Crippen molar-refractivity contribution in [3.05, 3.63) is 15.9 Å². The summed E-state index contributed by atoms with van der Waals surface area (Å²) in [6.45, 7) is 3.80. The van der Waals surface area contributed by atoms with Gasteiger partial charge in [-0.25, -0.2) is 0 Å². The van der Waals surface area contributed by atoms with E-state index in [1.807, 2.05) is 18.7 Å². The van der Waals surface area contributed by atoms with Gasteiger partial charge in [0.25, 0.3) is 0 Å². The van der Waals surface area contributed by atoms with Crippen LogP contribution < -0.4 is 5.32 Å². The van der Waals surface area contributed by atoms with E-state index in [-0.39, 0.29) is 6.10 Å². The van der Waals surface area contributed by atoms with E-state index in [4.69, 9.17) is 0 Å². The molecule has 0 radical (unpaired) electrons. The molecule has 96 valence electrons. The Kier molecular flexibility index (Phi) is 4.22. The van der Waals surface area contributed by atoms with E-state index in [0.29, 0.717) is 5.92 Å². The number of aliphatic hydroxyl groups is 1. The molecule has 1 aromatic rings. The Morgan fingerprint density at radius 2 is 2.29 bits per heavy atom. The summed E-state index contributed by atoms with van der Waals surface area (Å²) in [5.74, 6) is 0.623. The van der Waals surface area contributed by atoms with Crippen LogP contribution in [0.2, 0.25) is 0 Å². The quantitative estimate of drug-likeness (QED) is 0.891. The molecule has 1 aliphatic carbocycles. The average Bonchev–Trinajstić information content (AvgIpc) is 2.78. The van der Waals surface area contributed by atoms with Crippen LogP contribution in [0.5, 0.6) is 0 Å². The molecule has 5 heteroatoms. The van der Waals surface area contributed by atoms with Crippen molar-refractivity contribution in [2.75, 3.05) is 6.54 Å². The number of nitrogens with zero attached hydrogens (tertiary/aromatic N) is 2. The molecule has 1 heterocycles. The van der Waals surface area contributed by atoms with E-state index in [0.717, 1.165) is 42.5 Å². The molecule has 1 aliphatic rings. The molecule has 2 unspecified atom stereocenters. The van der Waals surface area contributed by atoms with Crippen LogP contribution >= 0.6 is 15.9 Å². The molecule has 1 fully saturated rings. The highest BCUT2D eigenvalue weighted by Gasteiger charge is 2.22. The molecule has 1 saturated carbocycles. The molecule has 2 rings (SSSR count). The second kappa shape index (κ2) is 5.50. The Bertz CT molecular complexity index is 391. The molecule has 0 spiro atoms. The van der Waals surface area contributed by atoms with E-state index < -0.39 is 0 Å². The molecule has 0 aliphatic heterocycles. The smallest absolute Gasteiger partial charge is 0.0739 e. The average molecular weight is 302 g/mol. The lowest BCUT2D eigenvalue weighted by atomic mass is 10.1. The third-order valence-electron chi connectivity index (χ3n) is 3.50. The summed E-state index contributed by atoms with van der Waals surface area (Å²) in [5.41, 5.74) is 2.21. The van der Waals surface area contributed by atoms with Crippen LogP contribution in [0.3, 0.4) is 0 Å². The van der Waals surface area contributed by atoms with Crippen LogP contribution in [0.4, 0.5) is 0 Å². The van der Waals surface area contributed by atoms with Gasteiger partial charge < -0.3 is 10.4 Å². The first-order valence-electron chi connectivity index (χ1n) is 6.14. The topological polar surface area (TPSA) is 50.1 Å². The normalized spacial score (nSPS) is 24.5. The van der Waals surface area contributed by atoms with Gasteiger partial charge in [-0.05, 0) is 54.6 Å². The Morgan fingerprint density at radius 1 is 1.53 bits per heavy atom. The zero-order chi connectivity index (χ0) is 12.4. The fourth-order valence-electron chi connectivity index (χ4n) is 2.50. The third kappa shape index (κ3) is 3.09. The van der Waals surface area contributed by atoms with Crippen LogP contribution in [0.1, 0.15) is 30.7 Å². The van der Waals surface area contributed by atoms with Crippen molar-refractivity contribution >= 4 is 15.9 Å². The van der Waals surface area contributed by atoms with Gasteiger partial charge in [0.05, 0.1) is 22.0 Å². The van der Waals surface area contributed by atoms with E-state index in [1.165, 1.54) is 5.69 Å². The third-order valence-corrected chi connectivity index (χ3v) is 4.53. The predicted octanol–water partition coefficient (Wildman–Crippen LogP) is 1.74. The van der Waals surface area contributed by atoms with Crippen molar-refractivity contribution in [2.45, 2.75) is 38.8 Å². The van der Waals surface area contributed by atoms with Crippen molar-refractivity contribution in [1.29, 1.82) is 0 Å². The van der Waals surface area contributed by atoms with Crippen molar-refractivity contribution in [2.24, 2.45) is 13.0 Å². The first kappa shape index (κ1) is 13.1. The number of nitrogens with one attached hydrogen (secondary N) is 1. The number of hydrogen-bond acceptors (Lipinski definition) is 3. The maximum absolute atomic E-state index is 9.46. The zero-order valence-electron chi connectivity index (χ0n) is 10.4. The molecular weight excluding hydrogens is 282 g/mol. The SMILES string of the molecule is Cc1nn(C)c(CNCC2CCC(O)C2)c1Br. The van der Waals surface area contributed by atoms with E-state index >= 15 is 0 Å². The lowest BCUT2D eigenvalue weighted by Gasteiger charge is -2.11. The Morgan fingerprint density at radius 3 is 2.82 bits per heavy atom. The molecule has 0 amide bonds. The van der Waals surface area contributed by atoms with Crippen LogP contribution in [-0.2, 0) is 13.6 Å². The monoisotopic (exact) mass is 301 g/mol.